The molecule has 4 nitrogen and oxygen atoms in total. The Morgan fingerprint density at radius 3 is 3.06 bits per heavy atom. The molecule has 1 fully saturated rings. The van der Waals surface area contributed by atoms with E-state index in [0.29, 0.717) is 6.04 Å². The lowest BCUT2D eigenvalue weighted by molar-refractivity contribution is -0.103. The van der Waals surface area contributed by atoms with E-state index in [4.69, 9.17) is 9.47 Å². The van der Waals surface area contributed by atoms with Crippen LogP contribution >= 0.6 is 0 Å². The van der Waals surface area contributed by atoms with Crippen LogP contribution in [0.5, 0.6) is 5.75 Å². The topological polar surface area (TPSA) is 43.4 Å². The molecule has 0 saturated heterocycles. The summed E-state index contributed by atoms with van der Waals surface area (Å²) in [6, 6.07) is 4.20. The second kappa shape index (κ2) is 5.27. The van der Waals surface area contributed by atoms with Gasteiger partial charge in [-0.3, -0.25) is 4.98 Å². The maximum atomic E-state index is 5.82. The number of nitrogens with one attached hydrogen (secondary N) is 1. The summed E-state index contributed by atoms with van der Waals surface area (Å²) in [5.41, 5.74) is 0. The fourth-order valence-electron chi connectivity index (χ4n) is 1.99. The van der Waals surface area contributed by atoms with Crippen LogP contribution < -0.4 is 10.1 Å². The molecule has 0 bridgehead atoms. The zero-order valence-corrected chi connectivity index (χ0v) is 9.72. The van der Waals surface area contributed by atoms with E-state index in [1.807, 2.05) is 26.1 Å². The fourth-order valence-corrected chi connectivity index (χ4v) is 1.99. The largest absolute Gasteiger partial charge is 0.486 e. The van der Waals surface area contributed by atoms with E-state index in [1.54, 1.807) is 12.4 Å². The van der Waals surface area contributed by atoms with Crippen LogP contribution in [-0.4, -0.2) is 36.9 Å². The number of aromatic nitrogens is 1. The predicted molar refractivity (Wildman–Crippen MR) is 61.5 cm³/mol. The Kier molecular flexibility index (Phi) is 3.74. The quantitative estimate of drug-likeness (QED) is 0.813. The van der Waals surface area contributed by atoms with Gasteiger partial charge in [-0.1, -0.05) is 0 Å². The number of nitrogens with zero attached hydrogens (tertiary/aromatic N) is 1. The third-order valence-electron chi connectivity index (χ3n) is 2.90. The Morgan fingerprint density at radius 1 is 1.56 bits per heavy atom. The van der Waals surface area contributed by atoms with E-state index in [2.05, 4.69) is 10.3 Å². The van der Waals surface area contributed by atoms with Crippen LogP contribution in [0.3, 0.4) is 0 Å². The third kappa shape index (κ3) is 2.33. The van der Waals surface area contributed by atoms with E-state index >= 15 is 0 Å². The average molecular weight is 222 g/mol. The normalized spacial score (nSPS) is 28.5. The van der Waals surface area contributed by atoms with Gasteiger partial charge in [-0.2, -0.15) is 0 Å². The highest BCUT2D eigenvalue weighted by atomic mass is 16.5. The lowest BCUT2D eigenvalue weighted by atomic mass is 9.85. The Balaban J connectivity index is 1.91. The molecule has 88 valence electrons. The van der Waals surface area contributed by atoms with Gasteiger partial charge in [0.15, 0.2) is 0 Å². The molecule has 1 aliphatic carbocycles. The number of hydrogen-bond donors (Lipinski definition) is 1. The van der Waals surface area contributed by atoms with Gasteiger partial charge in [-0.25, -0.2) is 0 Å². The second-order valence-corrected chi connectivity index (χ2v) is 3.90. The molecule has 0 amide bonds. The van der Waals surface area contributed by atoms with E-state index < -0.39 is 0 Å². The van der Waals surface area contributed by atoms with Crippen molar-refractivity contribution >= 4 is 0 Å². The first kappa shape index (κ1) is 11.4. The number of pyridine rings is 1. The molecule has 1 aromatic heterocycles. The van der Waals surface area contributed by atoms with Crippen LogP contribution in [0.25, 0.3) is 0 Å². The van der Waals surface area contributed by atoms with Gasteiger partial charge in [-0.15, -0.1) is 0 Å². The molecule has 0 aromatic carbocycles. The predicted octanol–water partition coefficient (Wildman–Crippen LogP) is 1.23. The molecule has 16 heavy (non-hydrogen) atoms. The minimum atomic E-state index is 0.140. The summed E-state index contributed by atoms with van der Waals surface area (Å²) in [6.07, 6.45) is 4.74. The van der Waals surface area contributed by atoms with Crippen LogP contribution in [-0.2, 0) is 4.74 Å². The van der Waals surface area contributed by atoms with Crippen LogP contribution in [0.15, 0.2) is 24.5 Å². The molecular formula is C12H18N2O2. The van der Waals surface area contributed by atoms with E-state index in [9.17, 15) is 0 Å². The highest BCUT2D eigenvalue weighted by Gasteiger charge is 2.42. The summed E-state index contributed by atoms with van der Waals surface area (Å²) in [7, 11) is 1.96. The van der Waals surface area contributed by atoms with Gasteiger partial charge in [0.25, 0.3) is 0 Å². The molecule has 0 aliphatic heterocycles. The van der Waals surface area contributed by atoms with Gasteiger partial charge in [0.05, 0.1) is 6.20 Å². The van der Waals surface area contributed by atoms with E-state index in [0.717, 1.165) is 18.8 Å². The van der Waals surface area contributed by atoms with Gasteiger partial charge >= 0.3 is 0 Å². The summed E-state index contributed by atoms with van der Waals surface area (Å²) in [5, 5.41) is 3.23. The van der Waals surface area contributed by atoms with Gasteiger partial charge in [-0.05, 0) is 26.1 Å². The zero-order valence-electron chi connectivity index (χ0n) is 9.72. The number of rotatable bonds is 5. The van der Waals surface area contributed by atoms with Gasteiger partial charge in [0.2, 0.25) is 0 Å². The first-order valence-electron chi connectivity index (χ1n) is 5.70. The maximum Gasteiger partial charge on any atom is 0.138 e. The number of hydrogen-bond acceptors (Lipinski definition) is 4. The molecule has 4 heteroatoms. The fraction of sp³-hybridized carbons (Fsp3) is 0.583. The molecule has 0 spiro atoms. The Morgan fingerprint density at radius 2 is 2.44 bits per heavy atom. The van der Waals surface area contributed by atoms with E-state index in [-0.39, 0.29) is 12.2 Å². The highest BCUT2D eigenvalue weighted by Crippen LogP contribution is 2.28. The number of likely N-dealkylation sites (N-methyl/N-ethyl adjacent to an activating group) is 1. The van der Waals surface area contributed by atoms with Crippen molar-refractivity contribution in [1.29, 1.82) is 0 Å². The van der Waals surface area contributed by atoms with Crippen molar-refractivity contribution in [2.45, 2.75) is 31.6 Å². The molecule has 1 aliphatic rings. The molecule has 1 heterocycles. The standard InChI is InChI=1S/C12H18N2O2/c1-3-15-12-10(13-2)7-11(12)16-9-5-4-6-14-8-9/h4-6,8,10-13H,3,7H2,1-2H3. The van der Waals surface area contributed by atoms with Crippen molar-refractivity contribution in [3.8, 4) is 5.75 Å². The van der Waals surface area contributed by atoms with Crippen molar-refractivity contribution in [3.05, 3.63) is 24.5 Å². The van der Waals surface area contributed by atoms with Gasteiger partial charge < -0.3 is 14.8 Å². The maximum absolute atomic E-state index is 5.82. The molecule has 1 aromatic rings. The average Bonchev–Trinajstić information content (AvgIpc) is 2.32. The lowest BCUT2D eigenvalue weighted by Crippen LogP contribution is -2.60. The molecule has 2 rings (SSSR count). The zero-order chi connectivity index (χ0) is 11.4. The molecule has 3 atom stereocenters. The summed E-state index contributed by atoms with van der Waals surface area (Å²) in [4.78, 5) is 4.02. The second-order valence-electron chi connectivity index (χ2n) is 3.90. The number of ether oxygens (including phenoxy) is 2. The van der Waals surface area contributed by atoms with Crippen LogP contribution in [0.2, 0.25) is 0 Å². The Hall–Kier alpha value is -1.13. The molecule has 1 saturated carbocycles. The lowest BCUT2D eigenvalue weighted by Gasteiger charge is -2.43. The Bertz CT molecular complexity index is 318. The van der Waals surface area contributed by atoms with Crippen LogP contribution in [0, 0.1) is 0 Å². The van der Waals surface area contributed by atoms with Gasteiger partial charge in [0, 0.05) is 25.3 Å². The summed E-state index contributed by atoms with van der Waals surface area (Å²) in [6.45, 7) is 2.72. The third-order valence-corrected chi connectivity index (χ3v) is 2.90. The van der Waals surface area contributed by atoms with Gasteiger partial charge in [0.1, 0.15) is 18.0 Å². The minimum Gasteiger partial charge on any atom is -0.486 e. The van der Waals surface area contributed by atoms with Crippen molar-refractivity contribution in [2.75, 3.05) is 13.7 Å². The SMILES string of the molecule is CCOC1C(NC)CC1Oc1cccnc1. The Labute approximate surface area is 96.0 Å². The molecule has 3 unspecified atom stereocenters. The van der Waals surface area contributed by atoms with Crippen molar-refractivity contribution in [1.82, 2.24) is 10.3 Å². The summed E-state index contributed by atoms with van der Waals surface area (Å²) < 4.78 is 11.5. The van der Waals surface area contributed by atoms with Crippen LogP contribution in [0.4, 0.5) is 0 Å². The van der Waals surface area contributed by atoms with E-state index in [1.165, 1.54) is 0 Å². The summed E-state index contributed by atoms with van der Waals surface area (Å²) in [5.74, 6) is 0.812. The van der Waals surface area contributed by atoms with Crippen molar-refractivity contribution in [3.63, 3.8) is 0 Å². The smallest absolute Gasteiger partial charge is 0.138 e. The summed E-state index contributed by atoms with van der Waals surface area (Å²) >= 11 is 0. The monoisotopic (exact) mass is 222 g/mol. The first-order chi connectivity index (χ1) is 7.85. The molecule has 1 N–H and O–H groups in total. The van der Waals surface area contributed by atoms with Crippen molar-refractivity contribution in [2.24, 2.45) is 0 Å². The minimum absolute atomic E-state index is 0.140. The first-order valence-corrected chi connectivity index (χ1v) is 5.70. The highest BCUT2D eigenvalue weighted by molar-refractivity contribution is 5.17. The molecular weight excluding hydrogens is 204 g/mol. The van der Waals surface area contributed by atoms with Crippen molar-refractivity contribution < 1.29 is 9.47 Å². The van der Waals surface area contributed by atoms with Crippen LogP contribution in [0.1, 0.15) is 13.3 Å². The molecule has 0 radical (unpaired) electrons.